The lowest BCUT2D eigenvalue weighted by molar-refractivity contribution is 0.0697. The molecule has 0 aliphatic heterocycles. The van der Waals surface area contributed by atoms with Crippen LogP contribution in [-0.2, 0) is 5.41 Å². The van der Waals surface area contributed by atoms with Crippen LogP contribution in [0.1, 0.15) is 42.6 Å². The number of allylic oxidation sites excluding steroid dienone is 5. The van der Waals surface area contributed by atoms with Crippen molar-refractivity contribution in [2.45, 2.75) is 32.1 Å². The molecule has 110 valence electrons. The summed E-state index contributed by atoms with van der Waals surface area (Å²) in [5, 5.41) is 8.99. The Morgan fingerprint density at radius 3 is 2.48 bits per heavy atom. The second-order valence-corrected chi connectivity index (χ2v) is 5.95. The van der Waals surface area contributed by atoms with E-state index in [2.05, 4.69) is 26.5 Å². The smallest absolute Gasteiger partial charge is 0.335 e. The van der Waals surface area contributed by atoms with E-state index in [1.807, 2.05) is 24.3 Å². The molecule has 0 saturated heterocycles. The van der Waals surface area contributed by atoms with Crippen LogP contribution in [0, 0.1) is 5.92 Å². The van der Waals surface area contributed by atoms with Gasteiger partial charge in [0.25, 0.3) is 0 Å². The molecule has 1 saturated carbocycles. The highest BCUT2D eigenvalue weighted by Crippen LogP contribution is 2.57. The van der Waals surface area contributed by atoms with Crippen LogP contribution in [0.25, 0.3) is 0 Å². The molecule has 2 nitrogen and oxygen atoms in total. The first kappa shape index (κ1) is 15.3. The Morgan fingerprint density at radius 2 is 2.00 bits per heavy atom. The Bertz CT molecular complexity index is 592. The topological polar surface area (TPSA) is 37.3 Å². The summed E-state index contributed by atoms with van der Waals surface area (Å²) in [4.78, 5) is 10.9. The van der Waals surface area contributed by atoms with E-state index in [1.54, 1.807) is 18.2 Å². The Labute approximate surface area is 126 Å². The summed E-state index contributed by atoms with van der Waals surface area (Å²) in [6.45, 7) is 8.07. The van der Waals surface area contributed by atoms with Crippen LogP contribution in [0.4, 0.5) is 0 Å². The third-order valence-corrected chi connectivity index (χ3v) is 4.38. The van der Waals surface area contributed by atoms with Gasteiger partial charge in [0.15, 0.2) is 0 Å². The van der Waals surface area contributed by atoms with Crippen molar-refractivity contribution in [3.8, 4) is 0 Å². The number of carbonyl (C=O) groups is 1. The Morgan fingerprint density at radius 1 is 1.38 bits per heavy atom. The molecule has 0 radical (unpaired) electrons. The van der Waals surface area contributed by atoms with Crippen LogP contribution in [0.5, 0.6) is 0 Å². The zero-order valence-electron chi connectivity index (χ0n) is 12.7. The summed E-state index contributed by atoms with van der Waals surface area (Å²) < 4.78 is 0. The number of hydrogen-bond acceptors (Lipinski definition) is 1. The first-order valence-electron chi connectivity index (χ1n) is 7.28. The Kier molecular flexibility index (Phi) is 4.46. The molecule has 2 heteroatoms. The summed E-state index contributed by atoms with van der Waals surface area (Å²) >= 11 is 0. The highest BCUT2D eigenvalue weighted by Gasteiger charge is 2.51. The van der Waals surface area contributed by atoms with Gasteiger partial charge in [-0.2, -0.15) is 0 Å². The highest BCUT2D eigenvalue weighted by atomic mass is 16.4. The lowest BCUT2D eigenvalue weighted by Gasteiger charge is -2.18. The molecule has 0 aromatic heterocycles. The molecule has 2 atom stereocenters. The van der Waals surface area contributed by atoms with E-state index in [-0.39, 0.29) is 5.41 Å². The van der Waals surface area contributed by atoms with E-state index in [1.165, 1.54) is 11.1 Å². The minimum atomic E-state index is -0.870. The molecule has 2 unspecified atom stereocenters. The number of aromatic carboxylic acids is 1. The SMILES string of the molecule is C=C/C=C\C=C(\C)CC1(c2ccc(C(=O)O)cc2)CC1C. The monoisotopic (exact) mass is 282 g/mol. The van der Waals surface area contributed by atoms with E-state index >= 15 is 0 Å². The first-order valence-corrected chi connectivity index (χ1v) is 7.28. The molecular weight excluding hydrogens is 260 g/mol. The molecule has 1 aliphatic carbocycles. The molecule has 2 rings (SSSR count). The van der Waals surface area contributed by atoms with Crippen molar-refractivity contribution in [2.24, 2.45) is 5.92 Å². The number of carboxylic acids is 1. The van der Waals surface area contributed by atoms with Gasteiger partial charge in [-0.15, -0.1) is 0 Å². The minimum absolute atomic E-state index is 0.180. The van der Waals surface area contributed by atoms with Crippen molar-refractivity contribution in [3.63, 3.8) is 0 Å². The van der Waals surface area contributed by atoms with Crippen LogP contribution >= 0.6 is 0 Å². The van der Waals surface area contributed by atoms with Crippen molar-refractivity contribution in [1.29, 1.82) is 0 Å². The third-order valence-electron chi connectivity index (χ3n) is 4.38. The van der Waals surface area contributed by atoms with Crippen molar-refractivity contribution in [3.05, 3.63) is 71.8 Å². The third kappa shape index (κ3) is 3.33. The largest absolute Gasteiger partial charge is 0.478 e. The number of benzene rings is 1. The predicted octanol–water partition coefficient (Wildman–Crippen LogP) is 4.74. The number of rotatable bonds is 6. The average molecular weight is 282 g/mol. The van der Waals surface area contributed by atoms with E-state index in [0.717, 1.165) is 12.8 Å². The van der Waals surface area contributed by atoms with Crippen molar-refractivity contribution in [1.82, 2.24) is 0 Å². The van der Waals surface area contributed by atoms with Gasteiger partial charge in [-0.25, -0.2) is 4.79 Å². The van der Waals surface area contributed by atoms with Crippen LogP contribution in [0.2, 0.25) is 0 Å². The fourth-order valence-electron chi connectivity index (χ4n) is 3.04. The van der Waals surface area contributed by atoms with E-state index in [9.17, 15) is 4.79 Å². The fraction of sp³-hybridized carbons (Fsp3) is 0.316. The Hall–Kier alpha value is -2.09. The maximum Gasteiger partial charge on any atom is 0.335 e. The van der Waals surface area contributed by atoms with Crippen molar-refractivity contribution >= 4 is 5.97 Å². The maximum atomic E-state index is 10.9. The quantitative estimate of drug-likeness (QED) is 0.765. The molecule has 0 heterocycles. The van der Waals surface area contributed by atoms with Crippen LogP contribution in [0.3, 0.4) is 0 Å². The normalized spacial score (nSPS) is 25.0. The lowest BCUT2D eigenvalue weighted by Crippen LogP contribution is -2.10. The summed E-state index contributed by atoms with van der Waals surface area (Å²) in [7, 11) is 0. The standard InChI is InChI=1S/C19H22O2/c1-4-5-6-7-14(2)12-19(13-15(19)3)17-10-8-16(9-11-17)18(20)21/h4-11,15H,1,12-13H2,2-3H3,(H,20,21)/b6-5-,14-7-. The van der Waals surface area contributed by atoms with Gasteiger partial charge in [0.05, 0.1) is 5.56 Å². The van der Waals surface area contributed by atoms with Crippen LogP contribution < -0.4 is 0 Å². The summed E-state index contributed by atoms with van der Waals surface area (Å²) in [6.07, 6.45) is 10.0. The summed E-state index contributed by atoms with van der Waals surface area (Å²) in [6, 6.07) is 7.36. The first-order chi connectivity index (χ1) is 9.99. The summed E-state index contributed by atoms with van der Waals surface area (Å²) in [5.41, 5.74) is 3.11. The number of hydrogen-bond donors (Lipinski definition) is 1. The van der Waals surface area contributed by atoms with Gasteiger partial charge in [-0.3, -0.25) is 0 Å². The zero-order chi connectivity index (χ0) is 15.5. The highest BCUT2D eigenvalue weighted by molar-refractivity contribution is 5.87. The molecule has 1 fully saturated rings. The molecule has 1 aliphatic rings. The lowest BCUT2D eigenvalue weighted by atomic mass is 9.86. The van der Waals surface area contributed by atoms with Crippen molar-refractivity contribution < 1.29 is 9.90 Å². The van der Waals surface area contributed by atoms with Gasteiger partial charge in [0, 0.05) is 5.41 Å². The van der Waals surface area contributed by atoms with Crippen LogP contribution in [0.15, 0.2) is 60.7 Å². The van der Waals surface area contributed by atoms with Gasteiger partial charge in [0.2, 0.25) is 0 Å². The molecule has 1 aromatic carbocycles. The van der Waals surface area contributed by atoms with Gasteiger partial charge >= 0.3 is 5.97 Å². The van der Waals surface area contributed by atoms with Gasteiger partial charge in [-0.1, -0.05) is 55.5 Å². The fourth-order valence-corrected chi connectivity index (χ4v) is 3.04. The second kappa shape index (κ2) is 6.13. The minimum Gasteiger partial charge on any atom is -0.478 e. The van der Waals surface area contributed by atoms with Gasteiger partial charge < -0.3 is 5.11 Å². The van der Waals surface area contributed by atoms with Gasteiger partial charge in [-0.05, 0) is 43.4 Å². The molecule has 0 amide bonds. The maximum absolute atomic E-state index is 10.9. The summed E-state index contributed by atoms with van der Waals surface area (Å²) in [5.74, 6) is -0.231. The van der Waals surface area contributed by atoms with E-state index < -0.39 is 5.97 Å². The van der Waals surface area contributed by atoms with Crippen molar-refractivity contribution in [2.75, 3.05) is 0 Å². The average Bonchev–Trinajstić information content (AvgIpc) is 3.10. The molecule has 1 N–H and O–H groups in total. The molecule has 21 heavy (non-hydrogen) atoms. The second-order valence-electron chi connectivity index (χ2n) is 5.95. The Balaban J connectivity index is 2.18. The van der Waals surface area contributed by atoms with E-state index in [4.69, 9.17) is 5.11 Å². The molecule has 0 bridgehead atoms. The molecular formula is C19H22O2. The van der Waals surface area contributed by atoms with Gasteiger partial charge in [0.1, 0.15) is 0 Å². The zero-order valence-corrected chi connectivity index (χ0v) is 12.7. The predicted molar refractivity (Wildman–Crippen MR) is 86.6 cm³/mol. The molecule has 1 aromatic rings. The van der Waals surface area contributed by atoms with E-state index in [0.29, 0.717) is 11.5 Å². The van der Waals surface area contributed by atoms with Crippen LogP contribution in [-0.4, -0.2) is 11.1 Å². The number of carboxylic acid groups (broad SMARTS) is 1. The molecule has 0 spiro atoms.